The minimum Gasteiger partial charge on any atom is -0.409 e. The fourth-order valence-electron chi connectivity index (χ4n) is 3.47. The summed E-state index contributed by atoms with van der Waals surface area (Å²) in [5.41, 5.74) is -0.261. The normalized spacial score (nSPS) is 26.9. The van der Waals surface area contributed by atoms with Crippen LogP contribution in [0.3, 0.4) is 0 Å². The number of rotatable bonds is 7. The first-order valence-corrected chi connectivity index (χ1v) is 19.1. The van der Waals surface area contributed by atoms with Gasteiger partial charge in [-0.2, -0.15) is 0 Å². The highest BCUT2D eigenvalue weighted by molar-refractivity contribution is 7.99. The van der Waals surface area contributed by atoms with Crippen molar-refractivity contribution in [3.63, 3.8) is 0 Å². The van der Waals surface area contributed by atoms with Gasteiger partial charge in [0.25, 0.3) is 0 Å². The van der Waals surface area contributed by atoms with Crippen molar-refractivity contribution in [2.24, 2.45) is 0 Å². The van der Waals surface area contributed by atoms with Gasteiger partial charge in [-0.1, -0.05) is 71.5 Å². The van der Waals surface area contributed by atoms with Crippen molar-refractivity contribution in [1.82, 2.24) is 5.32 Å². The Labute approximate surface area is 214 Å². The van der Waals surface area contributed by atoms with Crippen LogP contribution in [-0.4, -0.2) is 52.3 Å². The van der Waals surface area contributed by atoms with Crippen LogP contribution in [0, 0.1) is 0 Å². The topological polar surface area (TPSA) is 56.8 Å². The zero-order chi connectivity index (χ0) is 26.1. The van der Waals surface area contributed by atoms with E-state index >= 15 is 0 Å². The molecule has 1 aromatic carbocycles. The lowest BCUT2D eigenvalue weighted by atomic mass is 9.98. The Morgan fingerprint density at radius 1 is 0.912 bits per heavy atom. The first-order valence-electron chi connectivity index (χ1n) is 12.4. The molecule has 0 bridgehead atoms. The number of hydrogen-bond acceptors (Lipinski definition) is 5. The van der Waals surface area contributed by atoms with E-state index in [1.165, 1.54) is 0 Å². The van der Waals surface area contributed by atoms with Gasteiger partial charge in [0.2, 0.25) is 5.91 Å². The van der Waals surface area contributed by atoms with Gasteiger partial charge in [-0.3, -0.25) is 4.79 Å². The van der Waals surface area contributed by atoms with Gasteiger partial charge in [-0.05, 0) is 55.3 Å². The molecule has 194 valence electrons. The Morgan fingerprint density at radius 3 is 1.82 bits per heavy atom. The molecule has 0 aliphatic carbocycles. The van der Waals surface area contributed by atoms with Crippen molar-refractivity contribution in [2.45, 2.75) is 126 Å². The molecular weight excluding hydrogens is 479 g/mol. The van der Waals surface area contributed by atoms with E-state index in [1.807, 2.05) is 18.2 Å². The third kappa shape index (κ3) is 7.20. The molecule has 1 aliphatic heterocycles. The highest BCUT2D eigenvalue weighted by atomic mass is 32.2. The van der Waals surface area contributed by atoms with Gasteiger partial charge in [0, 0.05) is 11.8 Å². The zero-order valence-corrected chi connectivity index (χ0v) is 26.1. The van der Waals surface area contributed by atoms with E-state index in [0.29, 0.717) is 0 Å². The average molecular weight is 526 g/mol. The Hall–Kier alpha value is -0.646. The van der Waals surface area contributed by atoms with E-state index in [4.69, 9.17) is 13.6 Å². The second-order valence-corrected chi connectivity index (χ2v) is 23.2. The number of hydrogen-bond donors (Lipinski definition) is 1. The number of carbonyl (C=O) groups excluding carboxylic acids is 1. The number of thioether (sulfide) groups is 1. The summed E-state index contributed by atoms with van der Waals surface area (Å²) in [6.45, 7) is 26.1. The maximum absolute atomic E-state index is 12.5. The molecule has 0 unspecified atom stereocenters. The van der Waals surface area contributed by atoms with E-state index in [-0.39, 0.29) is 45.8 Å². The van der Waals surface area contributed by atoms with Crippen LogP contribution in [0.1, 0.15) is 55.4 Å². The largest absolute Gasteiger partial charge is 0.409 e. The summed E-state index contributed by atoms with van der Waals surface area (Å²) < 4.78 is 20.6. The number of carbonyl (C=O) groups is 1. The van der Waals surface area contributed by atoms with Crippen LogP contribution in [0.2, 0.25) is 36.3 Å². The lowest BCUT2D eigenvalue weighted by Gasteiger charge is -2.52. The van der Waals surface area contributed by atoms with Crippen LogP contribution in [0.4, 0.5) is 0 Å². The van der Waals surface area contributed by atoms with Crippen LogP contribution in [0.5, 0.6) is 0 Å². The molecule has 8 heteroatoms. The fraction of sp³-hybridized carbons (Fsp3) is 0.731. The quantitative estimate of drug-likeness (QED) is 0.396. The summed E-state index contributed by atoms with van der Waals surface area (Å²) in [4.78, 5) is 13.6. The minimum atomic E-state index is -2.18. The van der Waals surface area contributed by atoms with Crippen molar-refractivity contribution >= 4 is 34.3 Å². The Bertz CT molecular complexity index is 820. The summed E-state index contributed by atoms with van der Waals surface area (Å²) in [6.07, 6.45) is -0.806. The molecule has 1 aromatic rings. The van der Waals surface area contributed by atoms with Crippen LogP contribution < -0.4 is 5.32 Å². The molecule has 0 radical (unpaired) electrons. The van der Waals surface area contributed by atoms with Crippen LogP contribution in [-0.2, 0) is 18.4 Å². The van der Waals surface area contributed by atoms with Gasteiger partial charge in [0.15, 0.2) is 16.6 Å². The summed E-state index contributed by atoms with van der Waals surface area (Å²) in [5.74, 6) is -0.0739. The fourth-order valence-corrected chi connectivity index (χ4v) is 7.42. The second kappa shape index (κ2) is 10.8. The average Bonchev–Trinajstić information content (AvgIpc) is 2.66. The van der Waals surface area contributed by atoms with Gasteiger partial charge < -0.3 is 18.9 Å². The van der Waals surface area contributed by atoms with Crippen LogP contribution in [0.25, 0.3) is 0 Å². The first kappa shape index (κ1) is 29.6. The smallest absolute Gasteiger partial charge is 0.217 e. The standard InChI is InChI=1S/C26H47NO4SSi2/c1-18-22(30-33(9,10)25(3,4)5)21(27-19(2)28)23(31-34(11,12)26(6,7)8)24(29-18)32-20-16-14-13-15-17-20/h13-18,21-24H,1-12H3,(H,27,28)/t18-,21+,22-,23+,24-/m1/s1. The Kier molecular flexibility index (Phi) is 9.37. The van der Waals surface area contributed by atoms with Crippen LogP contribution >= 0.6 is 11.8 Å². The highest BCUT2D eigenvalue weighted by Gasteiger charge is 2.53. The number of benzene rings is 1. The molecule has 1 saturated heterocycles. The minimum absolute atomic E-state index is 0.0224. The molecule has 0 aromatic heterocycles. The first-order chi connectivity index (χ1) is 15.4. The summed E-state index contributed by atoms with van der Waals surface area (Å²) in [6, 6.07) is 9.97. The molecule has 1 heterocycles. The number of ether oxygens (including phenoxy) is 1. The molecule has 34 heavy (non-hydrogen) atoms. The molecule has 0 saturated carbocycles. The number of nitrogens with one attached hydrogen (secondary N) is 1. The van der Waals surface area contributed by atoms with E-state index in [2.05, 4.69) is 92.1 Å². The summed E-state index contributed by atoms with van der Waals surface area (Å²) >= 11 is 1.66. The third-order valence-corrected chi connectivity index (χ3v) is 17.7. The molecule has 5 atom stereocenters. The third-order valence-electron chi connectivity index (χ3n) is 7.63. The molecular formula is C26H47NO4SSi2. The predicted octanol–water partition coefficient (Wildman–Crippen LogP) is 6.81. The van der Waals surface area contributed by atoms with E-state index in [1.54, 1.807) is 18.7 Å². The molecule has 0 spiro atoms. The molecule has 1 aliphatic rings. The Balaban J connectivity index is 2.52. The van der Waals surface area contributed by atoms with Crippen molar-refractivity contribution in [1.29, 1.82) is 0 Å². The highest BCUT2D eigenvalue weighted by Crippen LogP contribution is 2.44. The zero-order valence-electron chi connectivity index (χ0n) is 23.3. The maximum atomic E-state index is 12.5. The lowest BCUT2D eigenvalue weighted by Crippen LogP contribution is -2.67. The van der Waals surface area contributed by atoms with Crippen molar-refractivity contribution < 1.29 is 18.4 Å². The predicted molar refractivity (Wildman–Crippen MR) is 148 cm³/mol. The van der Waals surface area contributed by atoms with Crippen LogP contribution in [0.15, 0.2) is 35.2 Å². The van der Waals surface area contributed by atoms with Gasteiger partial charge in [0.1, 0.15) is 11.5 Å². The maximum Gasteiger partial charge on any atom is 0.217 e. The van der Waals surface area contributed by atoms with Crippen molar-refractivity contribution in [2.75, 3.05) is 0 Å². The summed E-state index contributed by atoms with van der Waals surface area (Å²) in [7, 11) is -4.31. The monoisotopic (exact) mass is 525 g/mol. The van der Waals surface area contributed by atoms with Gasteiger partial charge >= 0.3 is 0 Å². The van der Waals surface area contributed by atoms with Gasteiger partial charge in [0.05, 0.1) is 18.2 Å². The second-order valence-electron chi connectivity index (χ2n) is 12.6. The SMILES string of the molecule is CC(=O)N[C@@H]1[C@H](O[Si](C)(C)C(C)(C)C)[C@@H](Sc2ccccc2)O[C@H](C)[C@H]1O[Si](C)(C)C(C)(C)C. The molecule has 5 nitrogen and oxygen atoms in total. The molecule has 2 rings (SSSR count). The van der Waals surface area contributed by atoms with E-state index in [9.17, 15) is 4.79 Å². The van der Waals surface area contributed by atoms with Gasteiger partial charge in [-0.15, -0.1) is 0 Å². The van der Waals surface area contributed by atoms with Gasteiger partial charge in [-0.25, -0.2) is 0 Å². The lowest BCUT2D eigenvalue weighted by molar-refractivity contribution is -0.147. The molecule has 1 amide bonds. The Morgan fingerprint density at radius 2 is 1.38 bits per heavy atom. The summed E-state index contributed by atoms with van der Waals surface area (Å²) in [5, 5.41) is 3.30. The molecule has 1 fully saturated rings. The number of amides is 1. The molecule has 1 N–H and O–H groups in total. The van der Waals surface area contributed by atoms with E-state index < -0.39 is 16.6 Å². The van der Waals surface area contributed by atoms with Crippen molar-refractivity contribution in [3.8, 4) is 0 Å². The van der Waals surface area contributed by atoms with Crippen molar-refractivity contribution in [3.05, 3.63) is 30.3 Å². The van der Waals surface area contributed by atoms with E-state index in [0.717, 1.165) is 4.90 Å².